The van der Waals surface area contributed by atoms with Gasteiger partial charge in [-0.1, -0.05) is 147 Å². The van der Waals surface area contributed by atoms with Crippen LogP contribution in [0.25, 0.3) is 0 Å². The van der Waals surface area contributed by atoms with E-state index < -0.39 is 72.3 Å². The molecule has 0 bridgehead atoms. The Balaban J connectivity index is 4.70. The highest BCUT2D eigenvalue weighted by molar-refractivity contribution is 7.47. The van der Waals surface area contributed by atoms with Crippen molar-refractivity contribution in [2.75, 3.05) is 26.4 Å². The molecule has 0 aromatic heterocycles. The summed E-state index contributed by atoms with van der Waals surface area (Å²) in [6.45, 7) is 3.80. The summed E-state index contributed by atoms with van der Waals surface area (Å²) >= 11 is 0. The van der Waals surface area contributed by atoms with Crippen LogP contribution in [0.1, 0.15) is 162 Å². The van der Waals surface area contributed by atoms with E-state index in [1.165, 1.54) is 70.6 Å². The Bertz CT molecular complexity index is 1190. The summed E-state index contributed by atoms with van der Waals surface area (Å²) in [7, 11) is -9.72. The monoisotopic (exact) mass is 854 g/mol. The van der Waals surface area contributed by atoms with Crippen molar-refractivity contribution in [2.45, 2.75) is 180 Å². The van der Waals surface area contributed by atoms with E-state index in [0.29, 0.717) is 19.3 Å². The van der Waals surface area contributed by atoms with E-state index >= 15 is 0 Å². The number of carbonyl (C=O) groups excluding carboxylic acids is 2. The molecule has 0 spiro atoms. The van der Waals surface area contributed by atoms with Crippen LogP contribution in [0, 0.1) is 5.92 Å². The Morgan fingerprint density at radius 2 is 1.19 bits per heavy atom. The highest BCUT2D eigenvalue weighted by Gasteiger charge is 2.28. The number of hydrogen-bond acceptors (Lipinski definition) is 11. The molecule has 0 amide bonds. The van der Waals surface area contributed by atoms with Gasteiger partial charge in [0.25, 0.3) is 0 Å². The topological polar surface area (TPSA) is 216 Å². The highest BCUT2D eigenvalue weighted by atomic mass is 31.2. The predicted octanol–water partition coefficient (Wildman–Crippen LogP) is 9.33. The van der Waals surface area contributed by atoms with E-state index in [2.05, 4.69) is 42.0 Å². The Labute approximate surface area is 342 Å². The summed E-state index contributed by atoms with van der Waals surface area (Å²) in [6.07, 6.45) is 29.1. The van der Waals surface area contributed by atoms with Crippen molar-refractivity contribution < 1.29 is 66.7 Å². The molecule has 0 aliphatic heterocycles. The quantitative estimate of drug-likeness (QED) is 0.0128. The van der Waals surface area contributed by atoms with Crippen molar-refractivity contribution in [1.82, 2.24) is 0 Å². The number of ether oxygens (including phenoxy) is 2. The van der Waals surface area contributed by atoms with E-state index in [4.69, 9.17) is 23.8 Å². The maximum absolute atomic E-state index is 12.6. The van der Waals surface area contributed by atoms with E-state index in [0.717, 1.165) is 44.4 Å². The number of phosphoric acid groups is 2. The Morgan fingerprint density at radius 1 is 0.614 bits per heavy atom. The third kappa shape index (κ3) is 40.8. The fraction of sp³-hybridized carbons (Fsp3) is 0.805. The first kappa shape index (κ1) is 55.3. The van der Waals surface area contributed by atoms with Gasteiger partial charge in [-0.3, -0.25) is 23.2 Å². The molecule has 57 heavy (non-hydrogen) atoms. The van der Waals surface area contributed by atoms with Gasteiger partial charge in [0.15, 0.2) is 6.10 Å². The van der Waals surface area contributed by atoms with Crippen LogP contribution in [-0.4, -0.2) is 81.6 Å². The number of aliphatic hydroxyl groups is 2. The normalized spacial score (nSPS) is 15.1. The fourth-order valence-electron chi connectivity index (χ4n) is 5.54. The Hall–Kier alpha value is -1.70. The summed E-state index contributed by atoms with van der Waals surface area (Å²) in [5, 5.41) is 20.0. The molecule has 0 fully saturated rings. The molecule has 0 aliphatic rings. The minimum absolute atomic E-state index is 0.0280. The van der Waals surface area contributed by atoms with Crippen molar-refractivity contribution >= 4 is 27.6 Å². The molecular formula is C41H76O14P2. The number of unbranched alkanes of at least 4 members (excludes halogenated alkanes) is 14. The third-order valence-electron chi connectivity index (χ3n) is 8.80. The lowest BCUT2D eigenvalue weighted by Gasteiger charge is -2.20. The van der Waals surface area contributed by atoms with Gasteiger partial charge in [0.05, 0.1) is 25.9 Å². The lowest BCUT2D eigenvalue weighted by atomic mass is 10.0. The van der Waals surface area contributed by atoms with E-state index in [1.54, 1.807) is 12.2 Å². The molecule has 0 saturated carbocycles. The molecule has 0 aromatic rings. The maximum Gasteiger partial charge on any atom is 0.472 e. The molecule has 0 rings (SSSR count). The second-order valence-electron chi connectivity index (χ2n) is 14.9. The molecule has 14 nitrogen and oxygen atoms in total. The molecule has 0 aromatic carbocycles. The zero-order valence-corrected chi connectivity index (χ0v) is 36.8. The number of esters is 2. The molecule has 0 heterocycles. The molecule has 4 atom stereocenters. The van der Waals surface area contributed by atoms with Crippen LogP contribution in [0.2, 0.25) is 0 Å². The highest BCUT2D eigenvalue weighted by Crippen LogP contribution is 2.43. The van der Waals surface area contributed by atoms with Gasteiger partial charge < -0.3 is 34.4 Å². The number of carbonyl (C=O) groups is 2. The van der Waals surface area contributed by atoms with Gasteiger partial charge >= 0.3 is 27.6 Å². The zero-order chi connectivity index (χ0) is 42.6. The van der Waals surface area contributed by atoms with Gasteiger partial charge in [0, 0.05) is 12.8 Å². The van der Waals surface area contributed by atoms with Gasteiger partial charge in [0.1, 0.15) is 12.7 Å². The lowest BCUT2D eigenvalue weighted by Crippen LogP contribution is -2.30. The largest absolute Gasteiger partial charge is 0.472 e. The summed E-state index contributed by atoms with van der Waals surface area (Å²) in [5.74, 6) is -0.486. The number of allylic oxidation sites excluding steroid dienone is 5. The number of aliphatic hydroxyl groups excluding tert-OH is 2. The van der Waals surface area contributed by atoms with Gasteiger partial charge in [-0.15, -0.1) is 0 Å². The van der Waals surface area contributed by atoms with Crippen LogP contribution in [0.15, 0.2) is 36.5 Å². The van der Waals surface area contributed by atoms with Gasteiger partial charge in [-0.05, 0) is 44.4 Å². The van der Waals surface area contributed by atoms with E-state index in [1.807, 2.05) is 12.2 Å². The van der Waals surface area contributed by atoms with Crippen LogP contribution >= 0.6 is 15.6 Å². The third-order valence-corrected chi connectivity index (χ3v) is 10.2. The standard InChI is InChI=1S/C41H76O14P2/c1-4-5-6-7-8-9-10-11-12-15-18-21-24-28-37(42)29-26-31-40(44)51-34-39(35-54-57(49,50)53-33-38(43)32-52-56(46,47)48)55-41(45)30-25-22-19-16-13-14-17-20-23-27-36(2)3/h11-12,18,21,24,28,36-39,42-43H,4-10,13-17,19-20,22-23,25-27,29-35H2,1-3H3,(H,49,50)(H2,46,47,48)/b12-11+,21-18+,28-24+/t37?,38-,39+/m0/s1. The van der Waals surface area contributed by atoms with Crippen molar-refractivity contribution in [2.24, 2.45) is 5.92 Å². The van der Waals surface area contributed by atoms with Crippen LogP contribution in [0.5, 0.6) is 0 Å². The first-order valence-electron chi connectivity index (χ1n) is 21.1. The average Bonchev–Trinajstić information content (AvgIpc) is 3.14. The minimum Gasteiger partial charge on any atom is -0.462 e. The van der Waals surface area contributed by atoms with E-state index in [-0.39, 0.29) is 12.8 Å². The SMILES string of the molecule is CCCCCCCC/C=C/C/C=C/C=C/C(O)CCCC(=O)OC[C@H](COP(=O)(O)OC[C@@H](O)COP(=O)(O)O)OC(=O)CCCCCCCCCCCC(C)C. The smallest absolute Gasteiger partial charge is 0.462 e. The average molecular weight is 855 g/mol. The number of phosphoric ester groups is 2. The fourth-order valence-corrected chi connectivity index (χ4v) is 6.70. The molecule has 0 radical (unpaired) electrons. The molecule has 5 N–H and O–H groups in total. The second-order valence-corrected chi connectivity index (χ2v) is 17.6. The van der Waals surface area contributed by atoms with Crippen LogP contribution in [0.4, 0.5) is 0 Å². The summed E-state index contributed by atoms with van der Waals surface area (Å²) in [6, 6.07) is 0. The van der Waals surface area contributed by atoms with Crippen LogP contribution < -0.4 is 0 Å². The van der Waals surface area contributed by atoms with Crippen molar-refractivity contribution in [3.05, 3.63) is 36.5 Å². The molecule has 334 valence electrons. The number of rotatable bonds is 39. The zero-order valence-electron chi connectivity index (χ0n) is 35.0. The summed E-state index contributed by atoms with van der Waals surface area (Å²) in [5.41, 5.74) is 0. The molecule has 16 heteroatoms. The van der Waals surface area contributed by atoms with Crippen LogP contribution in [0.3, 0.4) is 0 Å². The van der Waals surface area contributed by atoms with Gasteiger partial charge in [-0.25, -0.2) is 9.13 Å². The lowest BCUT2D eigenvalue weighted by molar-refractivity contribution is -0.161. The van der Waals surface area contributed by atoms with Gasteiger partial charge in [-0.2, -0.15) is 0 Å². The summed E-state index contributed by atoms with van der Waals surface area (Å²) in [4.78, 5) is 52.6. The molecule has 2 unspecified atom stereocenters. The Kier molecular flexibility index (Phi) is 35.1. The van der Waals surface area contributed by atoms with Crippen molar-refractivity contribution in [3.63, 3.8) is 0 Å². The minimum atomic E-state index is -4.88. The van der Waals surface area contributed by atoms with Crippen molar-refractivity contribution in [3.8, 4) is 0 Å². The second kappa shape index (κ2) is 36.2. The molecular weight excluding hydrogens is 778 g/mol. The maximum atomic E-state index is 12.6. The molecule has 0 saturated heterocycles. The number of hydrogen-bond donors (Lipinski definition) is 5. The molecule has 0 aliphatic carbocycles. The van der Waals surface area contributed by atoms with E-state index in [9.17, 15) is 33.8 Å². The predicted molar refractivity (Wildman–Crippen MR) is 222 cm³/mol. The summed E-state index contributed by atoms with van der Waals surface area (Å²) < 4.78 is 47.5. The first-order valence-corrected chi connectivity index (χ1v) is 24.2. The van der Waals surface area contributed by atoms with Crippen molar-refractivity contribution in [1.29, 1.82) is 0 Å². The first-order chi connectivity index (χ1) is 27.1. The Morgan fingerprint density at radius 3 is 1.84 bits per heavy atom. The van der Waals surface area contributed by atoms with Crippen LogP contribution in [-0.2, 0) is 41.8 Å². The van der Waals surface area contributed by atoms with Gasteiger partial charge in [0.2, 0.25) is 0 Å².